The average molecular weight is 461 g/mol. The van der Waals surface area contributed by atoms with Gasteiger partial charge < -0.3 is 10.3 Å². The number of carbonyl (C=O) groups is 1. The van der Waals surface area contributed by atoms with Crippen LogP contribution in [-0.2, 0) is 6.54 Å². The second kappa shape index (κ2) is 6.35. The molecule has 1 amide bonds. The molecule has 0 spiro atoms. The molecule has 124 valence electrons. The number of nitrogens with two attached hydrogens (primary N) is 1. The second-order valence-electron chi connectivity index (χ2n) is 5.90. The van der Waals surface area contributed by atoms with Gasteiger partial charge in [-0.2, -0.15) is 0 Å². The molecule has 0 radical (unpaired) electrons. The van der Waals surface area contributed by atoms with E-state index in [0.29, 0.717) is 17.1 Å². The maximum Gasteiger partial charge on any atom is 0.249 e. The van der Waals surface area contributed by atoms with Gasteiger partial charge in [0.1, 0.15) is 0 Å². The third-order valence-corrected chi connectivity index (χ3v) is 5.69. The highest BCUT2D eigenvalue weighted by Crippen LogP contribution is 2.34. The zero-order chi connectivity index (χ0) is 17.6. The van der Waals surface area contributed by atoms with Crippen LogP contribution in [-0.4, -0.2) is 10.5 Å². The van der Waals surface area contributed by atoms with E-state index in [1.54, 1.807) is 6.07 Å². The van der Waals surface area contributed by atoms with Gasteiger partial charge in [0.15, 0.2) is 0 Å². The van der Waals surface area contributed by atoms with E-state index >= 15 is 0 Å². The summed E-state index contributed by atoms with van der Waals surface area (Å²) in [7, 11) is 0. The van der Waals surface area contributed by atoms with Gasteiger partial charge in [0.25, 0.3) is 0 Å². The summed E-state index contributed by atoms with van der Waals surface area (Å²) in [5, 5.41) is 2.53. The molecule has 0 aliphatic heterocycles. The van der Waals surface area contributed by atoms with Gasteiger partial charge >= 0.3 is 0 Å². The van der Waals surface area contributed by atoms with Crippen molar-refractivity contribution in [3.63, 3.8) is 0 Å². The summed E-state index contributed by atoms with van der Waals surface area (Å²) in [4.78, 5) is 11.9. The molecule has 0 saturated heterocycles. The van der Waals surface area contributed by atoms with E-state index in [9.17, 15) is 4.79 Å². The average Bonchev–Trinajstić information content (AvgIpc) is 2.90. The Kier molecular flexibility index (Phi) is 4.17. The number of carbonyl (C=O) groups excluding carboxylic acids is 1. The number of hydrogen-bond acceptors (Lipinski definition) is 1. The van der Waals surface area contributed by atoms with Crippen molar-refractivity contribution < 1.29 is 4.79 Å². The number of primary amides is 1. The normalized spacial score (nSPS) is 11.3. The molecule has 4 rings (SSSR count). The molecule has 0 unspecified atom stereocenters. The minimum Gasteiger partial charge on any atom is -0.366 e. The van der Waals surface area contributed by atoms with Gasteiger partial charge in [0, 0.05) is 31.5 Å². The molecule has 3 nitrogen and oxygen atoms in total. The molecule has 5 heteroatoms. The van der Waals surface area contributed by atoms with E-state index in [-0.39, 0.29) is 0 Å². The summed E-state index contributed by atoms with van der Waals surface area (Å²) < 4.78 is 3.39. The summed E-state index contributed by atoms with van der Waals surface area (Å²) in [6.07, 6.45) is 0. The van der Waals surface area contributed by atoms with Gasteiger partial charge in [-0.1, -0.05) is 41.9 Å². The van der Waals surface area contributed by atoms with Crippen molar-refractivity contribution in [2.75, 3.05) is 0 Å². The van der Waals surface area contributed by atoms with Crippen LogP contribution in [0.4, 0.5) is 0 Å². The Balaban J connectivity index is 2.08. The van der Waals surface area contributed by atoms with Crippen molar-refractivity contribution in [3.8, 4) is 0 Å². The molecule has 0 aliphatic rings. The van der Waals surface area contributed by atoms with Crippen molar-refractivity contribution in [3.05, 3.63) is 80.4 Å². The van der Waals surface area contributed by atoms with Crippen molar-refractivity contribution in [1.82, 2.24) is 4.57 Å². The fourth-order valence-electron chi connectivity index (χ4n) is 3.29. The maximum absolute atomic E-state index is 11.9. The number of rotatable bonds is 3. The first kappa shape index (κ1) is 16.4. The Hall–Kier alpha value is -2.05. The first-order chi connectivity index (χ1) is 12.1. The summed E-state index contributed by atoms with van der Waals surface area (Å²) >= 11 is 8.59. The summed E-state index contributed by atoms with van der Waals surface area (Å²) in [5.41, 5.74) is 9.34. The number of hydrogen-bond donors (Lipinski definition) is 1. The largest absolute Gasteiger partial charge is 0.366 e. The molecular weight excluding hydrogens is 447 g/mol. The lowest BCUT2D eigenvalue weighted by atomic mass is 10.1. The van der Waals surface area contributed by atoms with E-state index in [1.165, 1.54) is 9.13 Å². The lowest BCUT2D eigenvalue weighted by Crippen LogP contribution is -2.11. The number of fused-ring (bicyclic) bond motifs is 3. The summed E-state index contributed by atoms with van der Waals surface area (Å²) in [5.74, 6) is -0.422. The van der Waals surface area contributed by atoms with E-state index in [2.05, 4.69) is 39.3 Å². The Bertz CT molecular complexity index is 1130. The maximum atomic E-state index is 11.9. The molecule has 0 aliphatic carbocycles. The Morgan fingerprint density at radius 2 is 1.84 bits per heavy atom. The van der Waals surface area contributed by atoms with Crippen molar-refractivity contribution in [2.45, 2.75) is 6.54 Å². The van der Waals surface area contributed by atoms with Crippen molar-refractivity contribution in [1.29, 1.82) is 0 Å². The van der Waals surface area contributed by atoms with E-state index < -0.39 is 5.91 Å². The van der Waals surface area contributed by atoms with Crippen molar-refractivity contribution >= 4 is 61.9 Å². The molecule has 25 heavy (non-hydrogen) atoms. The topological polar surface area (TPSA) is 48.0 Å². The van der Waals surface area contributed by atoms with Crippen LogP contribution in [0.25, 0.3) is 21.8 Å². The van der Waals surface area contributed by atoms with Crippen LogP contribution >= 0.6 is 34.2 Å². The first-order valence-corrected chi connectivity index (χ1v) is 9.25. The standard InChI is InChI=1S/C20H14ClIN2O/c21-13-8-9-14-18(10-13)24(11-12-4-1-2-6-16(12)22)17-7-3-5-15(19(14)17)20(23)25/h1-10H,11H2,(H2,23,25). The molecule has 0 bridgehead atoms. The summed E-state index contributed by atoms with van der Waals surface area (Å²) in [6, 6.07) is 19.7. The van der Waals surface area contributed by atoms with Crippen molar-refractivity contribution in [2.24, 2.45) is 5.73 Å². The van der Waals surface area contributed by atoms with Gasteiger partial charge in [-0.15, -0.1) is 0 Å². The van der Waals surface area contributed by atoms with E-state index in [0.717, 1.165) is 21.8 Å². The third kappa shape index (κ3) is 2.79. The smallest absolute Gasteiger partial charge is 0.249 e. The number of amides is 1. The molecule has 3 aromatic carbocycles. The number of halogens is 2. The van der Waals surface area contributed by atoms with E-state index in [1.807, 2.05) is 42.5 Å². The van der Waals surface area contributed by atoms with Crippen LogP contribution in [0.2, 0.25) is 5.02 Å². The van der Waals surface area contributed by atoms with Gasteiger partial charge in [-0.3, -0.25) is 4.79 Å². The molecule has 0 atom stereocenters. The Morgan fingerprint density at radius 1 is 1.04 bits per heavy atom. The lowest BCUT2D eigenvalue weighted by Gasteiger charge is -2.10. The SMILES string of the molecule is NC(=O)c1cccc2c1c1ccc(Cl)cc1n2Cc1ccccc1I. The molecular formula is C20H14ClIN2O. The van der Waals surface area contributed by atoms with Crippen LogP contribution in [0.15, 0.2) is 60.7 Å². The minimum atomic E-state index is -0.422. The Morgan fingerprint density at radius 3 is 2.60 bits per heavy atom. The molecule has 1 heterocycles. The van der Waals surface area contributed by atoms with Crippen LogP contribution in [0.3, 0.4) is 0 Å². The number of nitrogens with zero attached hydrogens (tertiary/aromatic N) is 1. The molecule has 4 aromatic rings. The predicted octanol–water partition coefficient (Wildman–Crippen LogP) is 5.20. The van der Waals surface area contributed by atoms with Crippen LogP contribution < -0.4 is 5.73 Å². The fourth-order valence-corrected chi connectivity index (χ4v) is 4.01. The van der Waals surface area contributed by atoms with Crippen LogP contribution in [0.5, 0.6) is 0 Å². The summed E-state index contributed by atoms with van der Waals surface area (Å²) in [6.45, 7) is 0.696. The Labute approximate surface area is 163 Å². The monoisotopic (exact) mass is 460 g/mol. The van der Waals surface area contributed by atoms with Gasteiger partial charge in [-0.25, -0.2) is 0 Å². The van der Waals surface area contributed by atoms with Gasteiger partial charge in [-0.05, 0) is 58.5 Å². The lowest BCUT2D eigenvalue weighted by molar-refractivity contribution is 0.100. The highest BCUT2D eigenvalue weighted by atomic mass is 127. The molecule has 1 aromatic heterocycles. The van der Waals surface area contributed by atoms with Gasteiger partial charge in [0.2, 0.25) is 5.91 Å². The first-order valence-electron chi connectivity index (χ1n) is 7.80. The zero-order valence-electron chi connectivity index (χ0n) is 13.2. The minimum absolute atomic E-state index is 0.422. The zero-order valence-corrected chi connectivity index (χ0v) is 16.1. The third-order valence-electron chi connectivity index (χ3n) is 4.40. The fraction of sp³-hybridized carbons (Fsp3) is 0.0500. The van der Waals surface area contributed by atoms with Crippen LogP contribution in [0, 0.1) is 3.57 Å². The van der Waals surface area contributed by atoms with Gasteiger partial charge in [0.05, 0.1) is 11.0 Å². The predicted molar refractivity (Wildman–Crippen MR) is 111 cm³/mol. The highest BCUT2D eigenvalue weighted by molar-refractivity contribution is 14.1. The number of aromatic nitrogens is 1. The quantitative estimate of drug-likeness (QED) is 0.420. The molecule has 0 fully saturated rings. The molecule has 2 N–H and O–H groups in total. The number of benzene rings is 3. The second-order valence-corrected chi connectivity index (χ2v) is 7.50. The van der Waals surface area contributed by atoms with Crippen LogP contribution in [0.1, 0.15) is 15.9 Å². The molecule has 0 saturated carbocycles. The van der Waals surface area contributed by atoms with E-state index in [4.69, 9.17) is 17.3 Å². The highest BCUT2D eigenvalue weighted by Gasteiger charge is 2.17.